The average Bonchev–Trinajstić information content (AvgIpc) is 2.97. The second-order valence-corrected chi connectivity index (χ2v) is 6.31. The molecule has 1 N–H and O–H groups in total. The number of anilines is 1. The number of nitrogens with zero attached hydrogens (tertiary/aromatic N) is 2. The Morgan fingerprint density at radius 2 is 2.44 bits per heavy atom. The number of rotatable bonds is 3. The molecule has 2 heterocycles. The van der Waals surface area contributed by atoms with Crippen molar-refractivity contribution in [3.05, 3.63) is 18.2 Å². The van der Waals surface area contributed by atoms with Gasteiger partial charge in [-0.1, -0.05) is 0 Å². The molecule has 0 saturated carbocycles. The maximum absolute atomic E-state index is 4.47. The van der Waals surface area contributed by atoms with Crippen LogP contribution in [0.5, 0.6) is 0 Å². The Balaban J connectivity index is 1.71. The quantitative estimate of drug-likeness (QED) is 0.884. The molecule has 0 amide bonds. The Kier molecular flexibility index (Phi) is 3.18. The molecule has 1 aromatic rings. The molecular weight excluding hydrogens is 285 g/mol. The zero-order chi connectivity index (χ0) is 10.8. The Labute approximate surface area is 105 Å². The zero-order valence-electron chi connectivity index (χ0n) is 8.85. The van der Waals surface area contributed by atoms with Gasteiger partial charge in [0.15, 0.2) is 0 Å². The van der Waals surface area contributed by atoms with E-state index in [0.717, 1.165) is 29.5 Å². The number of nitrogens with one attached hydrogen (secondary N) is 1. The van der Waals surface area contributed by atoms with Crippen LogP contribution in [0.3, 0.4) is 0 Å². The van der Waals surface area contributed by atoms with E-state index in [1.165, 1.54) is 17.9 Å². The van der Waals surface area contributed by atoms with Crippen LogP contribution in [0.2, 0.25) is 0 Å². The summed E-state index contributed by atoms with van der Waals surface area (Å²) in [4.78, 5) is 0. The Bertz CT molecular complexity index is 462. The van der Waals surface area contributed by atoms with Crippen molar-refractivity contribution in [1.29, 1.82) is 0 Å². The van der Waals surface area contributed by atoms with Crippen LogP contribution in [0.25, 0.3) is 0 Å². The fourth-order valence-electron chi connectivity index (χ4n) is 1.95. The fourth-order valence-corrected chi connectivity index (χ4v) is 4.39. The second-order valence-electron chi connectivity index (χ2n) is 4.05. The molecule has 3 rings (SSSR count). The molecule has 1 saturated heterocycles. The van der Waals surface area contributed by atoms with Crippen LogP contribution >= 0.6 is 11.8 Å². The number of benzene rings is 1. The van der Waals surface area contributed by atoms with Gasteiger partial charge in [0.25, 0.3) is 0 Å². The summed E-state index contributed by atoms with van der Waals surface area (Å²) in [5.41, 5.74) is 3.30. The molecule has 16 heavy (non-hydrogen) atoms. The third-order valence-corrected chi connectivity index (χ3v) is 5.26. The summed E-state index contributed by atoms with van der Waals surface area (Å²) in [5.74, 6) is 3.44. The van der Waals surface area contributed by atoms with E-state index in [0.29, 0.717) is 0 Å². The molecule has 0 spiro atoms. The second kappa shape index (κ2) is 4.78. The van der Waals surface area contributed by atoms with Crippen LogP contribution in [0.15, 0.2) is 26.1 Å². The fraction of sp³-hybridized carbons (Fsp3) is 0.455. The van der Waals surface area contributed by atoms with E-state index in [9.17, 15) is 0 Å². The first kappa shape index (κ1) is 10.6. The van der Waals surface area contributed by atoms with Crippen molar-refractivity contribution in [2.45, 2.75) is 6.42 Å². The molecule has 1 unspecified atom stereocenters. The van der Waals surface area contributed by atoms with E-state index >= 15 is 0 Å². The first-order valence-corrected chi connectivity index (χ1v) is 8.15. The molecule has 5 heteroatoms. The van der Waals surface area contributed by atoms with Crippen LogP contribution in [-0.4, -0.2) is 32.6 Å². The van der Waals surface area contributed by atoms with E-state index in [2.05, 4.69) is 37.1 Å². The van der Waals surface area contributed by atoms with Gasteiger partial charge in [-0.15, -0.1) is 0 Å². The summed E-state index contributed by atoms with van der Waals surface area (Å²) in [5, 5.41) is 3.53. The Hall–Kier alpha value is -0.511. The van der Waals surface area contributed by atoms with E-state index in [1.54, 1.807) is 0 Å². The Morgan fingerprint density at radius 3 is 3.31 bits per heavy atom. The molecule has 1 fully saturated rings. The third kappa shape index (κ3) is 2.12. The van der Waals surface area contributed by atoms with Crippen LogP contribution < -0.4 is 5.32 Å². The summed E-state index contributed by atoms with van der Waals surface area (Å²) < 4.78 is 8.86. The van der Waals surface area contributed by atoms with Crippen molar-refractivity contribution >= 4 is 43.4 Å². The number of hydrogen-bond donors (Lipinski definition) is 1. The Morgan fingerprint density at radius 1 is 1.44 bits per heavy atom. The predicted molar refractivity (Wildman–Crippen MR) is 70.3 cm³/mol. The van der Waals surface area contributed by atoms with Gasteiger partial charge in [-0.3, -0.25) is 0 Å². The van der Waals surface area contributed by atoms with Gasteiger partial charge >= 0.3 is 105 Å². The minimum atomic E-state index is 0.0727. The van der Waals surface area contributed by atoms with Gasteiger partial charge in [0.05, 0.1) is 0 Å². The van der Waals surface area contributed by atoms with Crippen LogP contribution in [0.4, 0.5) is 17.1 Å². The molecule has 3 nitrogen and oxygen atoms in total. The zero-order valence-corrected chi connectivity index (χ0v) is 11.4. The van der Waals surface area contributed by atoms with Gasteiger partial charge in [-0.05, 0) is 0 Å². The van der Waals surface area contributed by atoms with Gasteiger partial charge in [-0.2, -0.15) is 0 Å². The third-order valence-electron chi connectivity index (χ3n) is 2.89. The molecular formula is C11H13N3SSe. The number of hydrogen-bond acceptors (Lipinski definition) is 4. The van der Waals surface area contributed by atoms with Crippen LogP contribution in [-0.2, 0) is 0 Å². The molecule has 0 aliphatic carbocycles. The summed E-state index contributed by atoms with van der Waals surface area (Å²) in [7, 11) is 0. The van der Waals surface area contributed by atoms with Crippen molar-refractivity contribution < 1.29 is 0 Å². The summed E-state index contributed by atoms with van der Waals surface area (Å²) >= 11 is 2.14. The van der Waals surface area contributed by atoms with E-state index in [4.69, 9.17) is 0 Å². The monoisotopic (exact) mass is 299 g/mol. The van der Waals surface area contributed by atoms with Crippen molar-refractivity contribution in [3.8, 4) is 0 Å². The molecule has 2 aliphatic heterocycles. The van der Waals surface area contributed by atoms with E-state index < -0.39 is 0 Å². The van der Waals surface area contributed by atoms with Crippen molar-refractivity contribution in [2.75, 3.05) is 23.4 Å². The van der Waals surface area contributed by atoms with Crippen molar-refractivity contribution in [1.82, 2.24) is 0 Å². The molecule has 0 bridgehead atoms. The normalized spacial score (nSPS) is 21.9. The summed E-state index contributed by atoms with van der Waals surface area (Å²) in [6.45, 7) is 1.08. The average molecular weight is 298 g/mol. The molecule has 1 aromatic carbocycles. The summed E-state index contributed by atoms with van der Waals surface area (Å²) in [6, 6.07) is 6.22. The van der Waals surface area contributed by atoms with Gasteiger partial charge in [0.1, 0.15) is 0 Å². The van der Waals surface area contributed by atoms with Gasteiger partial charge in [0.2, 0.25) is 0 Å². The van der Waals surface area contributed by atoms with Crippen LogP contribution in [0, 0.1) is 5.92 Å². The first-order chi connectivity index (χ1) is 7.93. The molecule has 1 atom stereocenters. The van der Waals surface area contributed by atoms with E-state index in [-0.39, 0.29) is 14.6 Å². The van der Waals surface area contributed by atoms with Crippen LogP contribution in [0.1, 0.15) is 6.42 Å². The molecule has 84 valence electrons. The number of thioether (sulfide) groups is 1. The maximum atomic E-state index is 4.47. The summed E-state index contributed by atoms with van der Waals surface area (Å²) in [6.07, 6.45) is 1.35. The number of fused-ring (bicyclic) bond motifs is 1. The van der Waals surface area contributed by atoms with E-state index in [1.807, 2.05) is 6.07 Å². The SMILES string of the molecule is c1cc2c(c(NCC3CCSC3)c1)N=[Se]=N2. The molecule has 0 aromatic heterocycles. The first-order valence-electron chi connectivity index (χ1n) is 5.46. The van der Waals surface area contributed by atoms with Crippen molar-refractivity contribution in [2.24, 2.45) is 13.8 Å². The van der Waals surface area contributed by atoms with Gasteiger partial charge in [0, 0.05) is 0 Å². The predicted octanol–water partition coefficient (Wildman–Crippen LogP) is 3.20. The topological polar surface area (TPSA) is 36.8 Å². The van der Waals surface area contributed by atoms with Crippen molar-refractivity contribution in [3.63, 3.8) is 0 Å². The van der Waals surface area contributed by atoms with Gasteiger partial charge < -0.3 is 0 Å². The molecule has 2 aliphatic rings. The minimum absolute atomic E-state index is 0.0727. The molecule has 0 radical (unpaired) electrons. The standard InChI is InChI=1S/C11H13N3SSe/c1-2-9(11-10(3-1)13-16-14-11)12-6-8-4-5-15-7-8/h1-3,8,12H,4-7H2. The van der Waals surface area contributed by atoms with Gasteiger partial charge in [-0.25, -0.2) is 0 Å².